The van der Waals surface area contributed by atoms with Crippen molar-refractivity contribution < 1.29 is 4.79 Å². The normalized spacial score (nSPS) is 19.4. The number of benzene rings is 1. The average molecular weight is 283 g/mol. The minimum Gasteiger partial charge on any atom is -0.342 e. The van der Waals surface area contributed by atoms with Gasteiger partial charge in [0.2, 0.25) is 0 Å². The maximum Gasteiger partial charge on any atom is 0.164 e. The second-order valence-corrected chi connectivity index (χ2v) is 6.35. The number of carbonyl (C=O) groups is 1. The van der Waals surface area contributed by atoms with Crippen LogP contribution in [0.4, 0.5) is 0 Å². The SMILES string of the molecule is O=C(CCN1CCCC1)c1ccc2nc(C3CC3)[nH]c2c1. The Morgan fingerprint density at radius 3 is 2.86 bits per heavy atom. The monoisotopic (exact) mass is 283 g/mol. The third-order valence-corrected chi connectivity index (χ3v) is 4.64. The number of aromatic nitrogens is 2. The smallest absolute Gasteiger partial charge is 0.164 e. The van der Waals surface area contributed by atoms with Gasteiger partial charge >= 0.3 is 0 Å². The lowest BCUT2D eigenvalue weighted by Gasteiger charge is -2.13. The number of fused-ring (bicyclic) bond motifs is 1. The molecule has 1 aliphatic carbocycles. The van der Waals surface area contributed by atoms with Crippen molar-refractivity contribution in [3.05, 3.63) is 29.6 Å². The van der Waals surface area contributed by atoms with E-state index in [1.54, 1.807) is 0 Å². The van der Waals surface area contributed by atoms with E-state index in [4.69, 9.17) is 0 Å². The van der Waals surface area contributed by atoms with E-state index in [9.17, 15) is 4.79 Å². The topological polar surface area (TPSA) is 49.0 Å². The zero-order valence-corrected chi connectivity index (χ0v) is 12.3. The van der Waals surface area contributed by atoms with Crippen LogP contribution in [-0.2, 0) is 0 Å². The van der Waals surface area contributed by atoms with E-state index < -0.39 is 0 Å². The molecule has 2 heterocycles. The Morgan fingerprint density at radius 2 is 2.10 bits per heavy atom. The molecular weight excluding hydrogens is 262 g/mol. The number of likely N-dealkylation sites (tertiary alicyclic amines) is 1. The lowest BCUT2D eigenvalue weighted by Crippen LogP contribution is -2.22. The van der Waals surface area contributed by atoms with Crippen LogP contribution in [0.15, 0.2) is 18.2 Å². The number of H-pyrrole nitrogens is 1. The minimum absolute atomic E-state index is 0.242. The maximum absolute atomic E-state index is 12.3. The van der Waals surface area contributed by atoms with Crippen LogP contribution < -0.4 is 0 Å². The first-order chi connectivity index (χ1) is 10.3. The summed E-state index contributed by atoms with van der Waals surface area (Å²) < 4.78 is 0. The van der Waals surface area contributed by atoms with Crippen molar-refractivity contribution in [1.82, 2.24) is 14.9 Å². The zero-order chi connectivity index (χ0) is 14.2. The fraction of sp³-hybridized carbons (Fsp3) is 0.529. The summed E-state index contributed by atoms with van der Waals surface area (Å²) in [5.74, 6) is 1.95. The van der Waals surface area contributed by atoms with Gasteiger partial charge in [0, 0.05) is 24.4 Å². The molecule has 0 atom stereocenters. The molecule has 2 fully saturated rings. The van der Waals surface area contributed by atoms with Crippen LogP contribution in [0.1, 0.15) is 54.2 Å². The van der Waals surface area contributed by atoms with Crippen LogP contribution in [0.25, 0.3) is 11.0 Å². The van der Waals surface area contributed by atoms with Crippen LogP contribution in [0.2, 0.25) is 0 Å². The fourth-order valence-corrected chi connectivity index (χ4v) is 3.16. The number of nitrogens with one attached hydrogen (secondary N) is 1. The highest BCUT2D eigenvalue weighted by molar-refractivity contribution is 5.99. The lowest BCUT2D eigenvalue weighted by atomic mass is 10.1. The first kappa shape index (κ1) is 13.0. The Balaban J connectivity index is 1.48. The number of carbonyl (C=O) groups excluding carboxylic acids is 1. The van der Waals surface area contributed by atoms with Crippen LogP contribution >= 0.6 is 0 Å². The highest BCUT2D eigenvalue weighted by Crippen LogP contribution is 2.39. The van der Waals surface area contributed by atoms with Crippen molar-refractivity contribution in [3.63, 3.8) is 0 Å². The number of imidazole rings is 1. The van der Waals surface area contributed by atoms with Crippen molar-refractivity contribution in [2.24, 2.45) is 0 Å². The zero-order valence-electron chi connectivity index (χ0n) is 12.3. The number of hydrogen-bond acceptors (Lipinski definition) is 3. The maximum atomic E-state index is 12.3. The average Bonchev–Trinajstić information content (AvgIpc) is 3.06. The summed E-state index contributed by atoms with van der Waals surface area (Å²) in [5.41, 5.74) is 2.80. The molecule has 0 spiro atoms. The summed E-state index contributed by atoms with van der Waals surface area (Å²) in [7, 11) is 0. The Kier molecular flexibility index (Phi) is 3.26. The van der Waals surface area contributed by atoms with E-state index in [-0.39, 0.29) is 5.78 Å². The molecule has 4 nitrogen and oxygen atoms in total. The quantitative estimate of drug-likeness (QED) is 0.858. The second-order valence-electron chi connectivity index (χ2n) is 6.35. The molecule has 0 bridgehead atoms. The van der Waals surface area contributed by atoms with Gasteiger partial charge in [-0.2, -0.15) is 0 Å². The minimum atomic E-state index is 0.242. The van der Waals surface area contributed by atoms with Gasteiger partial charge in [0.25, 0.3) is 0 Å². The van der Waals surface area contributed by atoms with Crippen molar-refractivity contribution >= 4 is 16.8 Å². The largest absolute Gasteiger partial charge is 0.342 e. The molecule has 21 heavy (non-hydrogen) atoms. The summed E-state index contributed by atoms with van der Waals surface area (Å²) >= 11 is 0. The highest BCUT2D eigenvalue weighted by Gasteiger charge is 2.26. The van der Waals surface area contributed by atoms with E-state index in [0.29, 0.717) is 12.3 Å². The van der Waals surface area contributed by atoms with E-state index in [1.807, 2.05) is 18.2 Å². The predicted octanol–water partition coefficient (Wildman–Crippen LogP) is 3.11. The second kappa shape index (κ2) is 5.26. The van der Waals surface area contributed by atoms with Crippen LogP contribution in [0.3, 0.4) is 0 Å². The number of rotatable bonds is 5. The van der Waals surface area contributed by atoms with Gasteiger partial charge in [-0.05, 0) is 57.0 Å². The Morgan fingerprint density at radius 1 is 1.29 bits per heavy atom. The summed E-state index contributed by atoms with van der Waals surface area (Å²) in [6.45, 7) is 3.20. The van der Waals surface area contributed by atoms with Crippen LogP contribution in [-0.4, -0.2) is 40.3 Å². The number of aromatic amines is 1. The molecule has 1 saturated carbocycles. The van der Waals surface area contributed by atoms with Crippen molar-refractivity contribution in [1.29, 1.82) is 0 Å². The molecule has 4 heteroatoms. The molecule has 2 aliphatic rings. The molecule has 1 aliphatic heterocycles. The molecule has 1 aromatic carbocycles. The Labute approximate surface area is 124 Å². The summed E-state index contributed by atoms with van der Waals surface area (Å²) in [5, 5.41) is 0. The van der Waals surface area contributed by atoms with Crippen molar-refractivity contribution in [2.75, 3.05) is 19.6 Å². The summed E-state index contributed by atoms with van der Waals surface area (Å²) in [6.07, 6.45) is 5.65. The molecule has 0 radical (unpaired) electrons. The first-order valence-electron chi connectivity index (χ1n) is 8.05. The molecular formula is C17H21N3O. The Bertz CT molecular complexity index is 666. The van der Waals surface area contributed by atoms with Gasteiger partial charge in [-0.1, -0.05) is 0 Å². The number of nitrogens with zero attached hydrogens (tertiary/aromatic N) is 2. The fourth-order valence-electron chi connectivity index (χ4n) is 3.16. The number of hydrogen-bond donors (Lipinski definition) is 1. The number of Topliss-reactive ketones (excluding diaryl/α,β-unsaturated/α-hetero) is 1. The van der Waals surface area contributed by atoms with E-state index >= 15 is 0 Å². The standard InChI is InChI=1S/C17H21N3O/c21-16(7-10-20-8-1-2-9-20)13-5-6-14-15(11-13)19-17(18-14)12-3-4-12/h5-6,11-12H,1-4,7-10H2,(H,18,19). The van der Waals surface area contributed by atoms with Gasteiger partial charge < -0.3 is 9.88 Å². The van der Waals surface area contributed by atoms with Crippen molar-refractivity contribution in [2.45, 2.75) is 38.0 Å². The van der Waals surface area contributed by atoms with Crippen molar-refractivity contribution in [3.8, 4) is 0 Å². The van der Waals surface area contributed by atoms with Gasteiger partial charge in [-0.3, -0.25) is 4.79 Å². The summed E-state index contributed by atoms with van der Waals surface area (Å²) in [6, 6.07) is 5.87. The Hall–Kier alpha value is -1.68. The molecule has 0 unspecified atom stereocenters. The van der Waals surface area contributed by atoms with Gasteiger partial charge in [0.1, 0.15) is 5.82 Å². The van der Waals surface area contributed by atoms with Gasteiger partial charge in [-0.25, -0.2) is 4.98 Å². The number of ketones is 1. The molecule has 4 rings (SSSR count). The van der Waals surface area contributed by atoms with E-state index in [2.05, 4.69) is 14.9 Å². The van der Waals surface area contributed by atoms with E-state index in [1.165, 1.54) is 25.7 Å². The van der Waals surface area contributed by atoms with Gasteiger partial charge in [0.15, 0.2) is 5.78 Å². The molecule has 1 saturated heterocycles. The predicted molar refractivity (Wildman–Crippen MR) is 82.7 cm³/mol. The summed E-state index contributed by atoms with van der Waals surface area (Å²) in [4.78, 5) is 22.7. The molecule has 1 aromatic heterocycles. The molecule has 110 valence electrons. The highest BCUT2D eigenvalue weighted by atomic mass is 16.1. The lowest BCUT2D eigenvalue weighted by molar-refractivity contribution is 0.0969. The molecule has 1 N–H and O–H groups in total. The molecule has 0 amide bonds. The van der Waals surface area contributed by atoms with Crippen LogP contribution in [0.5, 0.6) is 0 Å². The molecule has 2 aromatic rings. The van der Waals surface area contributed by atoms with Crippen LogP contribution in [0, 0.1) is 0 Å². The van der Waals surface area contributed by atoms with Gasteiger partial charge in [0.05, 0.1) is 11.0 Å². The third-order valence-electron chi connectivity index (χ3n) is 4.64. The first-order valence-corrected chi connectivity index (χ1v) is 8.05. The van der Waals surface area contributed by atoms with Gasteiger partial charge in [-0.15, -0.1) is 0 Å². The van der Waals surface area contributed by atoms with E-state index in [0.717, 1.165) is 42.1 Å². The third kappa shape index (κ3) is 2.72.